The third kappa shape index (κ3) is 2.71. The van der Waals surface area contributed by atoms with Gasteiger partial charge in [0.1, 0.15) is 0 Å². The van der Waals surface area contributed by atoms with Crippen LogP contribution in [0.2, 0.25) is 0 Å². The van der Waals surface area contributed by atoms with Crippen molar-refractivity contribution in [2.45, 2.75) is 25.9 Å². The van der Waals surface area contributed by atoms with Gasteiger partial charge < -0.3 is 10.4 Å². The van der Waals surface area contributed by atoms with Gasteiger partial charge in [0.15, 0.2) is 11.4 Å². The molecule has 0 aromatic heterocycles. The summed E-state index contributed by atoms with van der Waals surface area (Å²) in [4.78, 5) is 24.8. The van der Waals surface area contributed by atoms with Crippen molar-refractivity contribution in [3.63, 3.8) is 0 Å². The van der Waals surface area contributed by atoms with Crippen LogP contribution < -0.4 is 5.32 Å². The number of halogens is 1. The van der Waals surface area contributed by atoms with E-state index in [0.29, 0.717) is 16.8 Å². The largest absolute Gasteiger partial charge is 0.375 e. The van der Waals surface area contributed by atoms with E-state index >= 15 is 0 Å². The van der Waals surface area contributed by atoms with Gasteiger partial charge in [0.05, 0.1) is 6.42 Å². The van der Waals surface area contributed by atoms with Crippen molar-refractivity contribution in [1.29, 1.82) is 0 Å². The molecular formula is C18H16BrNO3. The number of amides is 1. The number of carbonyl (C=O) groups is 2. The lowest BCUT2D eigenvalue weighted by Gasteiger charge is -2.20. The van der Waals surface area contributed by atoms with Crippen molar-refractivity contribution < 1.29 is 14.7 Å². The fraction of sp³-hybridized carbons (Fsp3) is 0.222. The Morgan fingerprint density at radius 2 is 1.91 bits per heavy atom. The third-order valence-electron chi connectivity index (χ3n) is 4.30. The number of fused-ring (bicyclic) bond motifs is 1. The number of hydrogen-bond donors (Lipinski definition) is 2. The molecule has 0 fully saturated rings. The van der Waals surface area contributed by atoms with E-state index in [1.165, 1.54) is 0 Å². The highest BCUT2D eigenvalue weighted by Gasteiger charge is 2.46. The number of ketones is 1. The molecule has 0 bridgehead atoms. The summed E-state index contributed by atoms with van der Waals surface area (Å²) >= 11 is 3.33. The lowest BCUT2D eigenvalue weighted by molar-refractivity contribution is -0.133. The Labute approximate surface area is 142 Å². The zero-order valence-corrected chi connectivity index (χ0v) is 14.4. The van der Waals surface area contributed by atoms with Crippen LogP contribution in [0, 0.1) is 13.8 Å². The molecule has 2 N–H and O–H groups in total. The first-order chi connectivity index (χ1) is 10.8. The van der Waals surface area contributed by atoms with Gasteiger partial charge in [-0.1, -0.05) is 28.1 Å². The van der Waals surface area contributed by atoms with E-state index in [9.17, 15) is 14.7 Å². The van der Waals surface area contributed by atoms with E-state index < -0.39 is 11.5 Å². The fourth-order valence-electron chi connectivity index (χ4n) is 2.74. The Morgan fingerprint density at radius 1 is 1.17 bits per heavy atom. The predicted octanol–water partition coefficient (Wildman–Crippen LogP) is 3.48. The predicted molar refractivity (Wildman–Crippen MR) is 91.5 cm³/mol. The summed E-state index contributed by atoms with van der Waals surface area (Å²) in [6, 6.07) is 10.5. The average molecular weight is 374 g/mol. The number of benzene rings is 2. The first kappa shape index (κ1) is 15.9. The maximum Gasteiger partial charge on any atom is 0.261 e. The van der Waals surface area contributed by atoms with Crippen LogP contribution in [-0.2, 0) is 10.4 Å². The monoisotopic (exact) mass is 373 g/mol. The summed E-state index contributed by atoms with van der Waals surface area (Å²) in [5.74, 6) is -0.832. The van der Waals surface area contributed by atoms with Crippen LogP contribution in [0.1, 0.15) is 33.5 Å². The van der Waals surface area contributed by atoms with Crippen LogP contribution in [0.4, 0.5) is 5.69 Å². The zero-order chi connectivity index (χ0) is 16.8. The van der Waals surface area contributed by atoms with Crippen LogP contribution in [-0.4, -0.2) is 16.8 Å². The molecule has 5 heteroatoms. The van der Waals surface area contributed by atoms with Crippen LogP contribution in [0.3, 0.4) is 0 Å². The molecule has 3 rings (SSSR count). The van der Waals surface area contributed by atoms with Crippen molar-refractivity contribution in [2.24, 2.45) is 0 Å². The molecule has 118 valence electrons. The molecule has 2 aromatic carbocycles. The molecule has 1 heterocycles. The Kier molecular flexibility index (Phi) is 3.86. The summed E-state index contributed by atoms with van der Waals surface area (Å²) in [5.41, 5.74) is 1.71. The van der Waals surface area contributed by atoms with Crippen LogP contribution >= 0.6 is 15.9 Å². The Balaban J connectivity index is 1.95. The van der Waals surface area contributed by atoms with E-state index in [1.807, 2.05) is 19.9 Å². The number of carbonyl (C=O) groups excluding carboxylic acids is 2. The molecule has 1 aliphatic heterocycles. The molecule has 0 saturated carbocycles. The molecule has 1 aliphatic rings. The van der Waals surface area contributed by atoms with Gasteiger partial charge in [-0.05, 0) is 49.2 Å². The minimum Gasteiger partial charge on any atom is -0.375 e. The minimum absolute atomic E-state index is 0.265. The first-order valence-electron chi connectivity index (χ1n) is 7.25. The molecule has 1 unspecified atom stereocenters. The minimum atomic E-state index is -1.84. The molecule has 0 spiro atoms. The van der Waals surface area contributed by atoms with E-state index in [0.717, 1.165) is 15.6 Å². The molecule has 0 saturated heterocycles. The van der Waals surface area contributed by atoms with Crippen molar-refractivity contribution in [2.75, 3.05) is 5.32 Å². The van der Waals surface area contributed by atoms with Gasteiger partial charge in [0, 0.05) is 21.3 Å². The summed E-state index contributed by atoms with van der Waals surface area (Å²) in [6.45, 7) is 3.89. The maximum absolute atomic E-state index is 12.6. The first-order valence-corrected chi connectivity index (χ1v) is 8.05. The number of anilines is 1. The highest BCUT2D eigenvalue weighted by Crippen LogP contribution is 2.40. The lowest BCUT2D eigenvalue weighted by atomic mass is 9.87. The molecule has 0 radical (unpaired) electrons. The van der Waals surface area contributed by atoms with Gasteiger partial charge in [0.2, 0.25) is 0 Å². The molecule has 23 heavy (non-hydrogen) atoms. The maximum atomic E-state index is 12.6. The van der Waals surface area contributed by atoms with Gasteiger partial charge in [-0.3, -0.25) is 9.59 Å². The fourth-order valence-corrected chi connectivity index (χ4v) is 3.10. The van der Waals surface area contributed by atoms with E-state index in [-0.39, 0.29) is 12.2 Å². The summed E-state index contributed by atoms with van der Waals surface area (Å²) < 4.78 is 0.741. The molecule has 0 aliphatic carbocycles. The number of rotatable bonds is 3. The standard InChI is InChI=1S/C18H16BrNO3/c1-10-3-4-12(7-11(10)2)16(21)9-18(23)14-8-13(19)5-6-15(14)20-17(18)22/h3-8,23H,9H2,1-2H3,(H,20,22). The van der Waals surface area contributed by atoms with E-state index in [1.54, 1.807) is 30.3 Å². The quantitative estimate of drug-likeness (QED) is 0.809. The van der Waals surface area contributed by atoms with Gasteiger partial charge in [-0.2, -0.15) is 0 Å². The third-order valence-corrected chi connectivity index (χ3v) is 4.79. The number of aliphatic hydroxyl groups is 1. The van der Waals surface area contributed by atoms with E-state index in [4.69, 9.17) is 0 Å². The highest BCUT2D eigenvalue weighted by molar-refractivity contribution is 9.10. The second-order valence-corrected chi connectivity index (χ2v) is 6.82. The Morgan fingerprint density at radius 3 is 2.61 bits per heavy atom. The second kappa shape index (κ2) is 5.58. The number of aryl methyl sites for hydroxylation is 2. The number of nitrogens with one attached hydrogen (secondary N) is 1. The summed E-state index contributed by atoms with van der Waals surface area (Å²) in [5, 5.41) is 13.5. The van der Waals surface area contributed by atoms with Crippen molar-refractivity contribution in [1.82, 2.24) is 0 Å². The summed E-state index contributed by atoms with van der Waals surface area (Å²) in [7, 11) is 0. The van der Waals surface area contributed by atoms with Crippen LogP contribution in [0.5, 0.6) is 0 Å². The lowest BCUT2D eigenvalue weighted by Crippen LogP contribution is -2.36. The topological polar surface area (TPSA) is 66.4 Å². The summed E-state index contributed by atoms with van der Waals surface area (Å²) in [6.07, 6.45) is -0.287. The molecular weight excluding hydrogens is 358 g/mol. The normalized spacial score (nSPS) is 19.4. The Bertz CT molecular complexity index is 831. The average Bonchev–Trinajstić information content (AvgIpc) is 2.73. The van der Waals surface area contributed by atoms with Gasteiger partial charge in [0.25, 0.3) is 5.91 Å². The van der Waals surface area contributed by atoms with Crippen LogP contribution in [0.25, 0.3) is 0 Å². The molecule has 1 amide bonds. The van der Waals surface area contributed by atoms with Crippen LogP contribution in [0.15, 0.2) is 40.9 Å². The molecule has 1 atom stereocenters. The molecule has 2 aromatic rings. The smallest absolute Gasteiger partial charge is 0.261 e. The van der Waals surface area contributed by atoms with Crippen molar-refractivity contribution in [3.8, 4) is 0 Å². The van der Waals surface area contributed by atoms with Crippen molar-refractivity contribution in [3.05, 3.63) is 63.1 Å². The highest BCUT2D eigenvalue weighted by atomic mass is 79.9. The second-order valence-electron chi connectivity index (χ2n) is 5.90. The molecule has 4 nitrogen and oxygen atoms in total. The number of Topliss-reactive ketones (excluding diaryl/α,β-unsaturated/α-hetero) is 1. The van der Waals surface area contributed by atoms with Gasteiger partial charge >= 0.3 is 0 Å². The SMILES string of the molecule is Cc1ccc(C(=O)CC2(O)C(=O)Nc3ccc(Br)cc32)cc1C. The van der Waals surface area contributed by atoms with Crippen molar-refractivity contribution >= 4 is 33.3 Å². The zero-order valence-electron chi connectivity index (χ0n) is 12.8. The Hall–Kier alpha value is -1.98. The van der Waals surface area contributed by atoms with E-state index in [2.05, 4.69) is 21.2 Å². The number of hydrogen-bond acceptors (Lipinski definition) is 3. The van der Waals surface area contributed by atoms with Gasteiger partial charge in [-0.25, -0.2) is 0 Å². The van der Waals surface area contributed by atoms with Gasteiger partial charge in [-0.15, -0.1) is 0 Å².